The average Bonchev–Trinajstić information content (AvgIpc) is 2.44. The lowest BCUT2D eigenvalue weighted by molar-refractivity contribution is 0.0973. The summed E-state index contributed by atoms with van der Waals surface area (Å²) >= 11 is 0. The average molecular weight is 262 g/mol. The number of nitrogen functional groups attached to an aromatic ring is 1. The van der Waals surface area contributed by atoms with Crippen LogP contribution in [0, 0.1) is 19.8 Å². The molecule has 0 spiro atoms. The van der Waals surface area contributed by atoms with Gasteiger partial charge in [-0.25, -0.2) is 15.8 Å². The number of rotatable bonds is 3. The van der Waals surface area contributed by atoms with Crippen LogP contribution in [0.5, 0.6) is 0 Å². The number of aromatic nitrogens is 2. The summed E-state index contributed by atoms with van der Waals surface area (Å²) < 4.78 is 0. The van der Waals surface area contributed by atoms with E-state index in [4.69, 9.17) is 5.84 Å². The maximum Gasteiger partial charge on any atom is 0.148 e. The Balaban J connectivity index is 1.81. The molecule has 2 bridgehead atoms. The summed E-state index contributed by atoms with van der Waals surface area (Å²) in [5.74, 6) is 8.64. The van der Waals surface area contributed by atoms with Crippen LogP contribution in [0.2, 0.25) is 0 Å². The van der Waals surface area contributed by atoms with Crippen molar-refractivity contribution in [3.05, 3.63) is 11.4 Å². The van der Waals surface area contributed by atoms with Gasteiger partial charge in [0, 0.05) is 18.2 Å². The van der Waals surface area contributed by atoms with Crippen LogP contribution in [0.15, 0.2) is 0 Å². The Morgan fingerprint density at radius 1 is 1.16 bits per heavy atom. The molecule has 1 aromatic heterocycles. The smallest absolute Gasteiger partial charge is 0.148 e. The fraction of sp³-hybridized carbons (Fsp3) is 0.692. The summed E-state index contributed by atoms with van der Waals surface area (Å²) in [6.07, 6.45) is 2.59. The molecular weight excluding hydrogens is 240 g/mol. The van der Waals surface area contributed by atoms with Gasteiger partial charge in [0.15, 0.2) is 0 Å². The molecule has 0 saturated carbocycles. The minimum Gasteiger partial charge on any atom is -0.365 e. The van der Waals surface area contributed by atoms with Gasteiger partial charge in [-0.2, -0.15) is 0 Å². The molecule has 1 aromatic rings. The maximum absolute atomic E-state index is 5.51. The van der Waals surface area contributed by atoms with Crippen molar-refractivity contribution in [3.63, 3.8) is 0 Å². The van der Waals surface area contributed by atoms with Crippen LogP contribution in [-0.4, -0.2) is 40.5 Å². The zero-order chi connectivity index (χ0) is 13.4. The van der Waals surface area contributed by atoms with Gasteiger partial charge in [-0.3, -0.25) is 0 Å². The number of hydrogen-bond acceptors (Lipinski definition) is 6. The first-order valence-electron chi connectivity index (χ1n) is 6.98. The van der Waals surface area contributed by atoms with Crippen molar-refractivity contribution >= 4 is 11.6 Å². The van der Waals surface area contributed by atoms with E-state index in [-0.39, 0.29) is 0 Å². The van der Waals surface area contributed by atoms with Gasteiger partial charge in [-0.1, -0.05) is 0 Å². The van der Waals surface area contributed by atoms with E-state index in [0.29, 0.717) is 11.9 Å². The lowest BCUT2D eigenvalue weighted by Gasteiger charge is -2.45. The Kier molecular flexibility index (Phi) is 3.28. The van der Waals surface area contributed by atoms with Crippen molar-refractivity contribution in [1.82, 2.24) is 14.9 Å². The van der Waals surface area contributed by atoms with E-state index in [9.17, 15) is 0 Å². The first-order chi connectivity index (χ1) is 9.17. The van der Waals surface area contributed by atoms with Crippen molar-refractivity contribution in [2.75, 3.05) is 30.4 Å². The van der Waals surface area contributed by atoms with Crippen LogP contribution < -0.4 is 16.6 Å². The molecule has 1 atom stereocenters. The quantitative estimate of drug-likeness (QED) is 0.554. The highest BCUT2D eigenvalue weighted by Crippen LogP contribution is 2.30. The molecule has 4 N–H and O–H groups in total. The molecule has 104 valence electrons. The van der Waals surface area contributed by atoms with Crippen LogP contribution in [0.25, 0.3) is 0 Å². The van der Waals surface area contributed by atoms with Crippen molar-refractivity contribution < 1.29 is 0 Å². The second kappa shape index (κ2) is 4.94. The zero-order valence-electron chi connectivity index (χ0n) is 11.6. The van der Waals surface area contributed by atoms with Crippen LogP contribution in [0.3, 0.4) is 0 Å². The van der Waals surface area contributed by atoms with E-state index in [0.717, 1.165) is 29.7 Å². The van der Waals surface area contributed by atoms with E-state index < -0.39 is 0 Å². The predicted octanol–water partition coefficient (Wildman–Crippen LogP) is 0.885. The first kappa shape index (κ1) is 12.6. The molecule has 0 amide bonds. The summed E-state index contributed by atoms with van der Waals surface area (Å²) in [6.45, 7) is 7.51. The van der Waals surface area contributed by atoms with Crippen LogP contribution in [-0.2, 0) is 0 Å². The number of hydrogen-bond donors (Lipinski definition) is 3. The Labute approximate surface area is 113 Å². The number of anilines is 2. The number of piperidine rings is 3. The van der Waals surface area contributed by atoms with E-state index in [1.807, 2.05) is 13.8 Å². The number of aryl methyl sites for hydroxylation is 1. The lowest BCUT2D eigenvalue weighted by atomic mass is 9.84. The number of nitrogens with one attached hydrogen (secondary N) is 2. The van der Waals surface area contributed by atoms with Crippen molar-refractivity contribution in [3.8, 4) is 0 Å². The van der Waals surface area contributed by atoms with Crippen LogP contribution in [0.1, 0.15) is 24.2 Å². The topological polar surface area (TPSA) is 79.1 Å². The first-order valence-corrected chi connectivity index (χ1v) is 6.98. The summed E-state index contributed by atoms with van der Waals surface area (Å²) in [6, 6.07) is 0.501. The van der Waals surface area contributed by atoms with Gasteiger partial charge >= 0.3 is 0 Å². The number of nitrogens with zero attached hydrogens (tertiary/aromatic N) is 3. The van der Waals surface area contributed by atoms with Crippen molar-refractivity contribution in [2.45, 2.75) is 32.7 Å². The lowest BCUT2D eigenvalue weighted by Crippen LogP contribution is -2.53. The molecule has 1 unspecified atom stereocenters. The Morgan fingerprint density at radius 3 is 2.42 bits per heavy atom. The van der Waals surface area contributed by atoms with Gasteiger partial charge < -0.3 is 15.6 Å². The molecule has 0 aliphatic carbocycles. The fourth-order valence-corrected chi connectivity index (χ4v) is 3.21. The van der Waals surface area contributed by atoms with E-state index in [1.165, 1.54) is 25.9 Å². The second-order valence-corrected chi connectivity index (χ2v) is 5.63. The fourth-order valence-electron chi connectivity index (χ4n) is 3.21. The van der Waals surface area contributed by atoms with Gasteiger partial charge in [0.05, 0.1) is 0 Å². The zero-order valence-corrected chi connectivity index (χ0v) is 11.6. The summed E-state index contributed by atoms with van der Waals surface area (Å²) in [4.78, 5) is 11.3. The third-order valence-corrected chi connectivity index (χ3v) is 4.37. The van der Waals surface area contributed by atoms with Crippen LogP contribution in [0.4, 0.5) is 11.6 Å². The van der Waals surface area contributed by atoms with E-state index in [2.05, 4.69) is 25.6 Å². The highest BCUT2D eigenvalue weighted by atomic mass is 15.3. The number of fused-ring (bicyclic) bond motifs is 3. The molecule has 19 heavy (non-hydrogen) atoms. The molecular formula is C13H22N6. The maximum atomic E-state index is 5.51. The summed E-state index contributed by atoms with van der Waals surface area (Å²) in [5, 5.41) is 3.61. The molecule has 4 heterocycles. The SMILES string of the molecule is Cc1nc(NN)c(C)c(NC2CN3CCC2CC3)n1. The van der Waals surface area contributed by atoms with Crippen LogP contribution >= 0.6 is 0 Å². The molecule has 3 aliphatic heterocycles. The van der Waals surface area contributed by atoms with Gasteiger partial charge in [0.2, 0.25) is 0 Å². The minimum atomic E-state index is 0.501. The molecule has 6 heteroatoms. The van der Waals surface area contributed by atoms with Crippen molar-refractivity contribution in [1.29, 1.82) is 0 Å². The third-order valence-electron chi connectivity index (χ3n) is 4.37. The minimum absolute atomic E-state index is 0.501. The van der Waals surface area contributed by atoms with Gasteiger partial charge in [0.25, 0.3) is 0 Å². The molecule has 6 nitrogen and oxygen atoms in total. The normalized spacial score (nSPS) is 29.3. The molecule has 3 aliphatic rings. The third kappa shape index (κ3) is 2.37. The van der Waals surface area contributed by atoms with Crippen molar-refractivity contribution in [2.24, 2.45) is 11.8 Å². The molecule has 4 rings (SSSR count). The molecule has 0 radical (unpaired) electrons. The van der Waals surface area contributed by atoms with Gasteiger partial charge in [-0.05, 0) is 45.7 Å². The number of hydrazine groups is 1. The highest BCUT2D eigenvalue weighted by molar-refractivity contribution is 5.57. The molecule has 0 aromatic carbocycles. The van der Waals surface area contributed by atoms with E-state index in [1.54, 1.807) is 0 Å². The van der Waals surface area contributed by atoms with E-state index >= 15 is 0 Å². The second-order valence-electron chi connectivity index (χ2n) is 5.63. The Morgan fingerprint density at radius 2 is 1.84 bits per heavy atom. The largest absolute Gasteiger partial charge is 0.365 e. The highest BCUT2D eigenvalue weighted by Gasteiger charge is 2.34. The Hall–Kier alpha value is -1.40. The molecule has 3 saturated heterocycles. The standard InChI is InChI=1S/C13H22N6/c1-8-12(15-9(2)16-13(8)18-14)17-11-7-19-5-3-10(11)4-6-19/h10-11H,3-7,14H2,1-2H3,(H2,15,16,17,18). The summed E-state index contributed by atoms with van der Waals surface area (Å²) in [7, 11) is 0. The molecule has 3 fully saturated rings. The monoisotopic (exact) mass is 262 g/mol. The summed E-state index contributed by atoms with van der Waals surface area (Å²) in [5.41, 5.74) is 3.64. The Bertz CT molecular complexity index is 466. The van der Waals surface area contributed by atoms with Gasteiger partial charge in [0.1, 0.15) is 17.5 Å². The number of nitrogens with two attached hydrogens (primary N) is 1. The van der Waals surface area contributed by atoms with Gasteiger partial charge in [-0.15, -0.1) is 0 Å². The predicted molar refractivity (Wildman–Crippen MR) is 75.9 cm³/mol.